The lowest BCUT2D eigenvalue weighted by Crippen LogP contribution is -2.60. The molecular formula is C29H28F3N3O6S. The summed E-state index contributed by atoms with van der Waals surface area (Å²) >= 11 is 1.62. The number of aromatic nitrogens is 1. The molecule has 0 fully saturated rings. The van der Waals surface area contributed by atoms with Gasteiger partial charge < -0.3 is 19.1 Å². The number of halogens is 3. The highest BCUT2D eigenvalue weighted by atomic mass is 32.2. The zero-order valence-corrected chi connectivity index (χ0v) is 24.0. The van der Waals surface area contributed by atoms with Gasteiger partial charge in [0.15, 0.2) is 5.69 Å². The van der Waals surface area contributed by atoms with Gasteiger partial charge in [-0.05, 0) is 42.2 Å². The van der Waals surface area contributed by atoms with Crippen molar-refractivity contribution in [1.82, 2.24) is 9.58 Å². The van der Waals surface area contributed by atoms with Crippen LogP contribution in [0.4, 0.5) is 18.0 Å². The molecule has 42 heavy (non-hydrogen) atoms. The van der Waals surface area contributed by atoms with Gasteiger partial charge in [0.25, 0.3) is 5.91 Å². The lowest BCUT2D eigenvalue weighted by molar-refractivity contribution is -0.173. The van der Waals surface area contributed by atoms with E-state index in [-0.39, 0.29) is 0 Å². The number of methoxy groups -OCH3 is 1. The maximum absolute atomic E-state index is 14.1. The first-order valence-electron chi connectivity index (χ1n) is 13.0. The first kappa shape index (κ1) is 29.4. The number of alkyl halides is 3. The molecule has 1 unspecified atom stereocenters. The monoisotopic (exact) mass is 603 g/mol. The van der Waals surface area contributed by atoms with Crippen molar-refractivity contribution >= 4 is 23.8 Å². The molecule has 2 aliphatic heterocycles. The van der Waals surface area contributed by atoms with Crippen LogP contribution in [0.15, 0.2) is 64.4 Å². The third-order valence-corrected chi connectivity index (χ3v) is 8.47. The number of aryl methyl sites for hydroxylation is 1. The summed E-state index contributed by atoms with van der Waals surface area (Å²) in [5, 5.41) is 1.63. The summed E-state index contributed by atoms with van der Waals surface area (Å²) < 4.78 is 58.8. The molecule has 13 heteroatoms. The Kier molecular flexibility index (Phi) is 7.88. The number of nitrogens with zero attached hydrogens (tertiary/aromatic N) is 3. The molecule has 0 N–H and O–H groups in total. The number of carbonyl (C=O) groups is 2. The summed E-state index contributed by atoms with van der Waals surface area (Å²) in [5.74, 6) is -0.975. The van der Waals surface area contributed by atoms with Gasteiger partial charge in [-0.1, -0.05) is 36.4 Å². The number of rotatable bonds is 5. The van der Waals surface area contributed by atoms with E-state index in [2.05, 4.69) is 4.74 Å². The number of ether oxygens (including phenoxy) is 3. The minimum atomic E-state index is -4.76. The number of thioether (sulfide) groups is 1. The number of hydrogen-bond acceptors (Lipinski definition) is 8. The van der Waals surface area contributed by atoms with Crippen molar-refractivity contribution in [2.24, 2.45) is 0 Å². The van der Waals surface area contributed by atoms with Crippen LogP contribution in [-0.4, -0.2) is 53.9 Å². The fourth-order valence-electron chi connectivity index (χ4n) is 5.17. The van der Waals surface area contributed by atoms with Crippen LogP contribution in [0.2, 0.25) is 0 Å². The predicted molar refractivity (Wildman–Crippen MR) is 148 cm³/mol. The third kappa shape index (κ3) is 5.28. The Morgan fingerprint density at radius 1 is 1.05 bits per heavy atom. The van der Waals surface area contributed by atoms with Gasteiger partial charge in [0.2, 0.25) is 17.5 Å². The van der Waals surface area contributed by atoms with E-state index in [9.17, 15) is 27.6 Å². The molecule has 0 bridgehead atoms. The molecule has 0 saturated carbocycles. The van der Waals surface area contributed by atoms with Crippen LogP contribution in [-0.2, 0) is 15.2 Å². The molecular weight excluding hydrogens is 575 g/mol. The second-order valence-electron chi connectivity index (χ2n) is 9.90. The van der Waals surface area contributed by atoms with Gasteiger partial charge in [-0.3, -0.25) is 19.3 Å². The average molecular weight is 604 g/mol. The summed E-state index contributed by atoms with van der Waals surface area (Å²) in [4.78, 5) is 40.1. The third-order valence-electron chi connectivity index (χ3n) is 7.35. The first-order valence-corrected chi connectivity index (χ1v) is 14.0. The number of benzene rings is 2. The number of carbonyl (C=O) groups excluding carboxylic acids is 2. The highest BCUT2D eigenvalue weighted by Gasteiger charge is 2.48. The second-order valence-corrected chi connectivity index (χ2v) is 10.9. The molecule has 0 saturated heterocycles. The van der Waals surface area contributed by atoms with Crippen molar-refractivity contribution < 1.29 is 37.0 Å². The summed E-state index contributed by atoms with van der Waals surface area (Å²) in [6.07, 6.45) is -5.91. The summed E-state index contributed by atoms with van der Waals surface area (Å²) in [6, 6.07) is 11.7. The Bertz CT molecular complexity index is 1590. The largest absolute Gasteiger partial charge is 0.511 e. The highest BCUT2D eigenvalue weighted by Crippen LogP contribution is 2.44. The minimum Gasteiger partial charge on any atom is -0.448 e. The van der Waals surface area contributed by atoms with E-state index < -0.39 is 60.2 Å². The molecule has 5 rings (SSSR count). The van der Waals surface area contributed by atoms with Crippen LogP contribution in [0.25, 0.3) is 0 Å². The molecule has 9 nitrogen and oxygen atoms in total. The molecule has 2 aliphatic rings. The van der Waals surface area contributed by atoms with Crippen LogP contribution in [0, 0.1) is 6.92 Å². The Labute approximate surface area is 243 Å². The molecule has 0 radical (unpaired) electrons. The van der Waals surface area contributed by atoms with E-state index in [1.54, 1.807) is 16.8 Å². The van der Waals surface area contributed by atoms with Gasteiger partial charge in [-0.15, -0.1) is 11.8 Å². The second kappa shape index (κ2) is 11.3. The summed E-state index contributed by atoms with van der Waals surface area (Å²) in [7, 11) is 1.08. The van der Waals surface area contributed by atoms with Crippen molar-refractivity contribution in [3.63, 3.8) is 0 Å². The standard InChI is InChI=1S/C29H28F3N3O6S/c1-16-8-7-10-19-21(16)14-42-23-11-6-5-9-20(23)24(19)35-15-33(17(2)29(30,31)32)27(37)25-26(22(36)12-13-34(25)35)40-18(3)41-28(38)39-4/h5-13,17-18,24H,14-15H2,1-4H3/t17-,18?,24+/m1/s1. The molecule has 222 valence electrons. The number of amides is 1. The minimum absolute atomic E-state index is 0.422. The average Bonchev–Trinajstić information content (AvgIpc) is 3.11. The van der Waals surface area contributed by atoms with Crippen molar-refractivity contribution in [3.05, 3.63) is 92.9 Å². The molecule has 3 atom stereocenters. The molecule has 0 aliphatic carbocycles. The van der Waals surface area contributed by atoms with Crippen LogP contribution in [0.1, 0.15) is 52.6 Å². The normalized spacial score (nSPS) is 17.8. The van der Waals surface area contributed by atoms with Gasteiger partial charge in [0, 0.05) is 29.8 Å². The zero-order chi connectivity index (χ0) is 30.3. The van der Waals surface area contributed by atoms with Crippen molar-refractivity contribution in [2.45, 2.75) is 56.0 Å². The molecule has 1 amide bonds. The number of pyridine rings is 1. The maximum atomic E-state index is 14.1. The Balaban J connectivity index is 1.75. The van der Waals surface area contributed by atoms with E-state index in [0.29, 0.717) is 10.7 Å². The van der Waals surface area contributed by atoms with E-state index >= 15 is 0 Å². The molecule has 3 aromatic rings. The lowest BCUT2D eigenvalue weighted by Gasteiger charge is -2.46. The fourth-order valence-corrected chi connectivity index (χ4v) is 6.38. The van der Waals surface area contributed by atoms with Crippen LogP contribution in [0.5, 0.6) is 5.75 Å². The van der Waals surface area contributed by atoms with Gasteiger partial charge in [-0.2, -0.15) is 13.2 Å². The number of fused-ring (bicyclic) bond motifs is 3. The summed E-state index contributed by atoms with van der Waals surface area (Å²) in [5.41, 5.74) is 2.53. The smallest absolute Gasteiger partial charge is 0.448 e. The quantitative estimate of drug-likeness (QED) is 0.285. The molecule has 3 heterocycles. The fraction of sp³-hybridized carbons (Fsp3) is 0.345. The van der Waals surface area contributed by atoms with Crippen LogP contribution < -0.4 is 15.2 Å². The van der Waals surface area contributed by atoms with Crippen LogP contribution >= 0.6 is 11.8 Å². The maximum Gasteiger partial charge on any atom is 0.511 e. The molecule has 1 aromatic heterocycles. The van der Waals surface area contributed by atoms with Crippen molar-refractivity contribution in [1.29, 1.82) is 0 Å². The van der Waals surface area contributed by atoms with E-state index in [4.69, 9.17) is 9.47 Å². The summed E-state index contributed by atoms with van der Waals surface area (Å²) in [6.45, 7) is 3.72. The SMILES string of the molecule is COC(=O)OC(C)Oc1c2n(ccc1=O)N([C@@H]1c3ccccc3SCc3c(C)cccc31)CN([C@H](C)C(F)(F)F)C2=O. The van der Waals surface area contributed by atoms with Gasteiger partial charge >= 0.3 is 12.3 Å². The molecule has 2 aromatic carbocycles. The highest BCUT2D eigenvalue weighted by molar-refractivity contribution is 7.98. The lowest BCUT2D eigenvalue weighted by atomic mass is 9.92. The topological polar surface area (TPSA) is 90.3 Å². The Morgan fingerprint density at radius 3 is 2.48 bits per heavy atom. The Morgan fingerprint density at radius 2 is 1.76 bits per heavy atom. The van der Waals surface area contributed by atoms with Crippen molar-refractivity contribution in [3.8, 4) is 5.75 Å². The van der Waals surface area contributed by atoms with Crippen LogP contribution in [0.3, 0.4) is 0 Å². The van der Waals surface area contributed by atoms with E-state index in [0.717, 1.165) is 47.2 Å². The number of hydrogen-bond donors (Lipinski definition) is 0. The van der Waals surface area contributed by atoms with Crippen molar-refractivity contribution in [2.75, 3.05) is 18.8 Å². The predicted octanol–water partition coefficient (Wildman–Crippen LogP) is 5.36. The zero-order valence-electron chi connectivity index (χ0n) is 23.2. The van der Waals surface area contributed by atoms with Gasteiger partial charge in [0.05, 0.1) is 13.2 Å². The molecule has 0 spiro atoms. The van der Waals surface area contributed by atoms with E-state index in [1.807, 2.05) is 49.4 Å². The van der Waals surface area contributed by atoms with E-state index in [1.165, 1.54) is 17.8 Å². The first-order chi connectivity index (χ1) is 19.9. The van der Waals surface area contributed by atoms with Gasteiger partial charge in [-0.25, -0.2) is 4.79 Å². The van der Waals surface area contributed by atoms with Gasteiger partial charge in [0.1, 0.15) is 12.7 Å². The Hall–Kier alpha value is -4.13.